The Kier molecular flexibility index (Phi) is 4.71. The van der Waals surface area contributed by atoms with Crippen molar-refractivity contribution in [3.05, 3.63) is 60.4 Å². The lowest BCUT2D eigenvalue weighted by molar-refractivity contribution is 0.0974. The van der Waals surface area contributed by atoms with Crippen molar-refractivity contribution < 1.29 is 14.3 Å². The number of hydrogen-bond acceptors (Lipinski definition) is 3. The predicted octanol–water partition coefficient (Wildman–Crippen LogP) is 3.38. The molecular formula is C16H17NO3. The van der Waals surface area contributed by atoms with Crippen molar-refractivity contribution >= 4 is 11.9 Å². The minimum Gasteiger partial charge on any atom is -0.449 e. The minimum atomic E-state index is -0.409. The third-order valence-corrected chi connectivity index (χ3v) is 2.98. The summed E-state index contributed by atoms with van der Waals surface area (Å²) in [6.07, 6.45) is 6.93. The number of ether oxygens (including phenoxy) is 1. The van der Waals surface area contributed by atoms with Crippen LogP contribution in [-0.2, 0) is 4.74 Å². The zero-order chi connectivity index (χ0) is 14.4. The van der Waals surface area contributed by atoms with Crippen LogP contribution in [0.5, 0.6) is 0 Å². The van der Waals surface area contributed by atoms with E-state index in [2.05, 4.69) is 0 Å². The molecule has 0 bridgehead atoms. The van der Waals surface area contributed by atoms with Crippen LogP contribution < -0.4 is 0 Å². The van der Waals surface area contributed by atoms with E-state index in [1.807, 2.05) is 42.5 Å². The van der Waals surface area contributed by atoms with E-state index in [9.17, 15) is 9.59 Å². The highest BCUT2D eigenvalue weighted by atomic mass is 16.5. The standard InChI is InChI=1S/C16H17NO3/c1-2-20-16(19)17-10-8-13(9-11-17)12-15(18)14-6-4-3-5-7-14/h3-11,13H,2,12H2,1H3. The van der Waals surface area contributed by atoms with Gasteiger partial charge in [-0.05, 0) is 6.92 Å². The summed E-state index contributed by atoms with van der Waals surface area (Å²) in [6, 6.07) is 9.20. The van der Waals surface area contributed by atoms with E-state index in [0.29, 0.717) is 18.6 Å². The summed E-state index contributed by atoms with van der Waals surface area (Å²) in [7, 11) is 0. The van der Waals surface area contributed by atoms with Gasteiger partial charge in [-0.2, -0.15) is 0 Å². The highest BCUT2D eigenvalue weighted by Crippen LogP contribution is 2.17. The van der Waals surface area contributed by atoms with Crippen LogP contribution in [-0.4, -0.2) is 23.4 Å². The highest BCUT2D eigenvalue weighted by molar-refractivity contribution is 5.96. The van der Waals surface area contributed by atoms with Gasteiger partial charge in [0.2, 0.25) is 0 Å². The number of allylic oxidation sites excluding steroid dienone is 2. The topological polar surface area (TPSA) is 46.6 Å². The third-order valence-electron chi connectivity index (χ3n) is 2.98. The van der Waals surface area contributed by atoms with Crippen molar-refractivity contribution in [2.75, 3.05) is 6.61 Å². The molecule has 0 saturated heterocycles. The zero-order valence-electron chi connectivity index (χ0n) is 11.4. The van der Waals surface area contributed by atoms with Crippen molar-refractivity contribution in [2.24, 2.45) is 5.92 Å². The molecule has 0 fully saturated rings. The number of Topliss-reactive ketones (excluding diaryl/α,β-unsaturated/α-hetero) is 1. The van der Waals surface area contributed by atoms with E-state index in [-0.39, 0.29) is 11.7 Å². The molecular weight excluding hydrogens is 254 g/mol. The molecule has 4 heteroatoms. The molecule has 1 aromatic rings. The first kappa shape index (κ1) is 14.1. The van der Waals surface area contributed by atoms with Gasteiger partial charge in [0.05, 0.1) is 6.61 Å². The van der Waals surface area contributed by atoms with E-state index in [1.165, 1.54) is 4.90 Å². The molecule has 0 saturated carbocycles. The van der Waals surface area contributed by atoms with Crippen LogP contribution in [0, 0.1) is 5.92 Å². The van der Waals surface area contributed by atoms with Gasteiger partial charge in [0.1, 0.15) is 0 Å². The molecule has 0 N–H and O–H groups in total. The molecule has 1 aliphatic heterocycles. The first-order valence-corrected chi connectivity index (χ1v) is 6.60. The van der Waals surface area contributed by atoms with Crippen molar-refractivity contribution in [2.45, 2.75) is 13.3 Å². The van der Waals surface area contributed by atoms with Gasteiger partial charge in [0.15, 0.2) is 5.78 Å². The first-order valence-electron chi connectivity index (χ1n) is 6.60. The molecule has 0 aliphatic carbocycles. The molecule has 1 aromatic carbocycles. The van der Waals surface area contributed by atoms with Crippen LogP contribution in [0.3, 0.4) is 0 Å². The minimum absolute atomic E-state index is 0.00776. The Morgan fingerprint density at radius 3 is 2.40 bits per heavy atom. The SMILES string of the molecule is CCOC(=O)N1C=CC(CC(=O)c2ccccc2)C=C1. The smallest absolute Gasteiger partial charge is 0.417 e. The summed E-state index contributed by atoms with van der Waals surface area (Å²) in [5.74, 6) is 0.0999. The quantitative estimate of drug-likeness (QED) is 0.789. The number of rotatable bonds is 4. The van der Waals surface area contributed by atoms with Gasteiger partial charge in [0, 0.05) is 30.3 Å². The van der Waals surface area contributed by atoms with Gasteiger partial charge in [-0.25, -0.2) is 4.79 Å². The summed E-state index contributed by atoms with van der Waals surface area (Å²) < 4.78 is 4.88. The van der Waals surface area contributed by atoms with Crippen LogP contribution >= 0.6 is 0 Å². The lowest BCUT2D eigenvalue weighted by Gasteiger charge is -2.19. The van der Waals surface area contributed by atoms with Crippen molar-refractivity contribution in [3.63, 3.8) is 0 Å². The lowest BCUT2D eigenvalue weighted by atomic mass is 9.97. The Balaban J connectivity index is 1.91. The van der Waals surface area contributed by atoms with Crippen molar-refractivity contribution in [1.82, 2.24) is 4.90 Å². The van der Waals surface area contributed by atoms with Gasteiger partial charge >= 0.3 is 6.09 Å². The molecule has 2 rings (SSSR count). The summed E-state index contributed by atoms with van der Waals surface area (Å²) in [5, 5.41) is 0. The third kappa shape index (κ3) is 3.57. The summed E-state index contributed by atoms with van der Waals surface area (Å²) in [6.45, 7) is 2.10. The second-order valence-electron chi connectivity index (χ2n) is 4.45. The summed E-state index contributed by atoms with van der Waals surface area (Å²) >= 11 is 0. The van der Waals surface area contributed by atoms with Gasteiger partial charge in [0.25, 0.3) is 0 Å². The second kappa shape index (κ2) is 6.70. The average molecular weight is 271 g/mol. The molecule has 20 heavy (non-hydrogen) atoms. The van der Waals surface area contributed by atoms with Gasteiger partial charge in [-0.3, -0.25) is 9.69 Å². The van der Waals surface area contributed by atoms with E-state index < -0.39 is 6.09 Å². The fourth-order valence-electron chi connectivity index (χ4n) is 1.93. The van der Waals surface area contributed by atoms with E-state index in [4.69, 9.17) is 4.74 Å². The number of amides is 1. The molecule has 1 amide bonds. The van der Waals surface area contributed by atoms with E-state index >= 15 is 0 Å². The average Bonchev–Trinajstić information content (AvgIpc) is 2.49. The molecule has 1 aliphatic rings. The maximum atomic E-state index is 12.1. The van der Waals surface area contributed by atoms with Crippen molar-refractivity contribution in [1.29, 1.82) is 0 Å². The lowest BCUT2D eigenvalue weighted by Crippen LogP contribution is -2.23. The van der Waals surface area contributed by atoms with Crippen molar-refractivity contribution in [3.8, 4) is 0 Å². The number of carbonyl (C=O) groups is 2. The molecule has 0 radical (unpaired) electrons. The number of benzene rings is 1. The molecule has 4 nitrogen and oxygen atoms in total. The van der Waals surface area contributed by atoms with Crippen LogP contribution in [0.2, 0.25) is 0 Å². The summed E-state index contributed by atoms with van der Waals surface area (Å²) in [4.78, 5) is 24.9. The molecule has 1 heterocycles. The maximum Gasteiger partial charge on any atom is 0.417 e. The van der Waals surface area contributed by atoms with Crippen LogP contribution in [0.15, 0.2) is 54.9 Å². The Morgan fingerprint density at radius 1 is 1.15 bits per heavy atom. The van der Waals surface area contributed by atoms with Crippen LogP contribution in [0.1, 0.15) is 23.7 Å². The number of carbonyl (C=O) groups excluding carboxylic acids is 2. The van der Waals surface area contributed by atoms with Gasteiger partial charge in [-0.1, -0.05) is 42.5 Å². The number of nitrogens with zero attached hydrogens (tertiary/aromatic N) is 1. The van der Waals surface area contributed by atoms with E-state index in [1.54, 1.807) is 19.3 Å². The number of hydrogen-bond donors (Lipinski definition) is 0. The first-order chi connectivity index (χ1) is 9.70. The second-order valence-corrected chi connectivity index (χ2v) is 4.45. The monoisotopic (exact) mass is 271 g/mol. The molecule has 0 unspecified atom stereocenters. The predicted molar refractivity (Wildman–Crippen MR) is 76.0 cm³/mol. The fraction of sp³-hybridized carbons (Fsp3) is 0.250. The largest absolute Gasteiger partial charge is 0.449 e. The van der Waals surface area contributed by atoms with E-state index in [0.717, 1.165) is 0 Å². The highest BCUT2D eigenvalue weighted by Gasteiger charge is 2.16. The molecule has 0 spiro atoms. The van der Waals surface area contributed by atoms with Gasteiger partial charge < -0.3 is 4.74 Å². The molecule has 0 aromatic heterocycles. The Bertz CT molecular complexity index is 520. The maximum absolute atomic E-state index is 12.1. The van der Waals surface area contributed by atoms with Crippen LogP contribution in [0.25, 0.3) is 0 Å². The Hall–Kier alpha value is -2.36. The molecule has 104 valence electrons. The van der Waals surface area contributed by atoms with Gasteiger partial charge in [-0.15, -0.1) is 0 Å². The summed E-state index contributed by atoms with van der Waals surface area (Å²) in [5.41, 5.74) is 0.710. The fourth-order valence-corrected chi connectivity index (χ4v) is 1.93. The Morgan fingerprint density at radius 2 is 1.80 bits per heavy atom. The van der Waals surface area contributed by atoms with Crippen LogP contribution in [0.4, 0.5) is 4.79 Å². The Labute approximate surface area is 118 Å². The molecule has 0 atom stereocenters. The normalized spacial score (nSPS) is 14.3. The zero-order valence-corrected chi connectivity index (χ0v) is 11.4. The number of ketones is 1.